The first kappa shape index (κ1) is 15.3. The highest BCUT2D eigenvalue weighted by Crippen LogP contribution is 2.18. The number of hydrogen-bond donors (Lipinski definition) is 2. The van der Waals surface area contributed by atoms with Gasteiger partial charge >= 0.3 is 0 Å². The van der Waals surface area contributed by atoms with Crippen molar-refractivity contribution in [3.63, 3.8) is 0 Å². The van der Waals surface area contributed by atoms with E-state index in [0.717, 1.165) is 17.7 Å². The largest absolute Gasteiger partial charge is 0.399 e. The van der Waals surface area contributed by atoms with Crippen molar-refractivity contribution in [2.45, 2.75) is 25.5 Å². The number of thioether (sulfide) groups is 1. The quantitative estimate of drug-likeness (QED) is 0.746. The minimum atomic E-state index is -0.477. The molecule has 4 heteroatoms. The van der Waals surface area contributed by atoms with Crippen LogP contribution in [0.15, 0.2) is 24.3 Å². The van der Waals surface area contributed by atoms with Gasteiger partial charge in [-0.15, -0.1) is 0 Å². The molecule has 3 N–H and O–H groups in total. The highest BCUT2D eigenvalue weighted by Gasteiger charge is 2.16. The maximum absolute atomic E-state index is 10.2. The molecule has 18 heavy (non-hydrogen) atoms. The van der Waals surface area contributed by atoms with E-state index in [-0.39, 0.29) is 0 Å². The minimum Gasteiger partial charge on any atom is -0.399 e. The van der Waals surface area contributed by atoms with Crippen molar-refractivity contribution in [3.8, 4) is 0 Å². The van der Waals surface area contributed by atoms with Gasteiger partial charge in [-0.25, -0.2) is 0 Å². The third kappa shape index (κ3) is 4.52. The predicted molar refractivity (Wildman–Crippen MR) is 80.9 cm³/mol. The zero-order chi connectivity index (χ0) is 13.5. The number of nitrogens with two attached hydrogens (primary N) is 1. The molecule has 0 aliphatic heterocycles. The Morgan fingerprint density at radius 2 is 2.17 bits per heavy atom. The van der Waals surface area contributed by atoms with Crippen LogP contribution >= 0.6 is 11.8 Å². The predicted octanol–water partition coefficient (Wildman–Crippen LogP) is 2.38. The van der Waals surface area contributed by atoms with E-state index in [1.807, 2.05) is 36.0 Å². The molecular formula is C14H24N2OS. The van der Waals surface area contributed by atoms with Gasteiger partial charge in [0.1, 0.15) is 0 Å². The molecule has 2 atom stereocenters. The van der Waals surface area contributed by atoms with Gasteiger partial charge in [0.25, 0.3) is 0 Å². The number of anilines is 1. The molecular weight excluding hydrogens is 244 g/mol. The SMILES string of the molecule is CCC(CSC)N(C)CC(O)c1cccc(N)c1. The van der Waals surface area contributed by atoms with Gasteiger partial charge in [-0.05, 0) is 37.4 Å². The van der Waals surface area contributed by atoms with Gasteiger partial charge in [-0.2, -0.15) is 11.8 Å². The minimum absolute atomic E-state index is 0.477. The van der Waals surface area contributed by atoms with Crippen LogP contribution in [0.5, 0.6) is 0 Å². The lowest BCUT2D eigenvalue weighted by molar-refractivity contribution is 0.108. The first-order valence-corrected chi connectivity index (χ1v) is 7.70. The van der Waals surface area contributed by atoms with Gasteiger partial charge in [0.2, 0.25) is 0 Å². The van der Waals surface area contributed by atoms with Crippen molar-refractivity contribution in [3.05, 3.63) is 29.8 Å². The lowest BCUT2D eigenvalue weighted by Gasteiger charge is -2.28. The molecule has 1 aromatic rings. The first-order valence-electron chi connectivity index (χ1n) is 6.31. The van der Waals surface area contributed by atoms with Crippen LogP contribution in [-0.2, 0) is 0 Å². The number of likely N-dealkylation sites (N-methyl/N-ethyl adjacent to an activating group) is 1. The molecule has 0 aliphatic carbocycles. The summed E-state index contributed by atoms with van der Waals surface area (Å²) in [6.45, 7) is 2.83. The van der Waals surface area contributed by atoms with Crippen molar-refractivity contribution in [1.82, 2.24) is 4.90 Å². The number of rotatable bonds is 7. The summed E-state index contributed by atoms with van der Waals surface area (Å²) in [6, 6.07) is 7.99. The van der Waals surface area contributed by atoms with Crippen LogP contribution in [0.2, 0.25) is 0 Å². The molecule has 0 fully saturated rings. The molecule has 0 saturated heterocycles. The normalized spacial score (nSPS) is 14.7. The van der Waals surface area contributed by atoms with E-state index >= 15 is 0 Å². The molecule has 1 rings (SSSR count). The Bertz CT molecular complexity index is 359. The van der Waals surface area contributed by atoms with E-state index < -0.39 is 6.10 Å². The summed E-state index contributed by atoms with van der Waals surface area (Å²) < 4.78 is 0. The van der Waals surface area contributed by atoms with Crippen molar-refractivity contribution < 1.29 is 5.11 Å². The van der Waals surface area contributed by atoms with Gasteiger partial charge in [0.15, 0.2) is 0 Å². The molecule has 0 bridgehead atoms. The summed E-state index contributed by atoms with van der Waals surface area (Å²) >= 11 is 1.84. The maximum atomic E-state index is 10.2. The van der Waals surface area contributed by atoms with Crippen LogP contribution in [0, 0.1) is 0 Å². The number of benzene rings is 1. The van der Waals surface area contributed by atoms with E-state index in [0.29, 0.717) is 18.3 Å². The fourth-order valence-electron chi connectivity index (χ4n) is 2.04. The van der Waals surface area contributed by atoms with E-state index in [9.17, 15) is 5.11 Å². The molecule has 0 aromatic heterocycles. The molecule has 3 nitrogen and oxygen atoms in total. The number of aliphatic hydroxyl groups is 1. The zero-order valence-electron chi connectivity index (χ0n) is 11.5. The van der Waals surface area contributed by atoms with Crippen LogP contribution in [-0.4, -0.2) is 41.6 Å². The van der Waals surface area contributed by atoms with Crippen molar-refractivity contribution in [2.75, 3.05) is 31.3 Å². The van der Waals surface area contributed by atoms with E-state index in [4.69, 9.17) is 5.73 Å². The van der Waals surface area contributed by atoms with Crippen LogP contribution in [0.4, 0.5) is 5.69 Å². The zero-order valence-corrected chi connectivity index (χ0v) is 12.3. The molecule has 0 spiro atoms. The van der Waals surface area contributed by atoms with Gasteiger partial charge in [-0.1, -0.05) is 19.1 Å². The third-order valence-electron chi connectivity index (χ3n) is 3.21. The fourth-order valence-corrected chi connectivity index (χ4v) is 2.92. The van der Waals surface area contributed by atoms with Crippen molar-refractivity contribution in [1.29, 1.82) is 0 Å². The Morgan fingerprint density at radius 1 is 1.44 bits per heavy atom. The smallest absolute Gasteiger partial charge is 0.0917 e. The molecule has 2 unspecified atom stereocenters. The number of nitrogen functional groups attached to an aromatic ring is 1. The summed E-state index contributed by atoms with van der Waals surface area (Å²) in [6.07, 6.45) is 2.74. The van der Waals surface area contributed by atoms with Gasteiger partial charge in [-0.3, -0.25) is 4.90 Å². The lowest BCUT2D eigenvalue weighted by atomic mass is 10.1. The first-order chi connectivity index (χ1) is 8.58. The van der Waals surface area contributed by atoms with Gasteiger partial charge in [0.05, 0.1) is 6.10 Å². The van der Waals surface area contributed by atoms with E-state index in [1.165, 1.54) is 0 Å². The second-order valence-corrected chi connectivity index (χ2v) is 5.55. The molecule has 102 valence electrons. The Morgan fingerprint density at radius 3 is 2.72 bits per heavy atom. The molecule has 0 radical (unpaired) electrons. The fraction of sp³-hybridized carbons (Fsp3) is 0.571. The average Bonchev–Trinajstić information content (AvgIpc) is 2.35. The van der Waals surface area contributed by atoms with Crippen LogP contribution < -0.4 is 5.73 Å². The summed E-state index contributed by atoms with van der Waals surface area (Å²) in [5.41, 5.74) is 7.32. The standard InChI is InChI=1S/C14H24N2OS/c1-4-13(10-18-3)16(2)9-14(17)11-6-5-7-12(15)8-11/h5-8,13-14,17H,4,9-10,15H2,1-3H3. The molecule has 0 amide bonds. The molecule has 0 heterocycles. The highest BCUT2D eigenvalue weighted by atomic mass is 32.2. The summed E-state index contributed by atoms with van der Waals surface area (Å²) in [5, 5.41) is 10.2. The Kier molecular flexibility index (Phi) is 6.54. The summed E-state index contributed by atoms with van der Waals surface area (Å²) in [4.78, 5) is 2.23. The van der Waals surface area contributed by atoms with Crippen LogP contribution in [0.25, 0.3) is 0 Å². The Balaban J connectivity index is 2.60. The van der Waals surface area contributed by atoms with Crippen LogP contribution in [0.3, 0.4) is 0 Å². The number of aliphatic hydroxyl groups excluding tert-OH is 1. The maximum Gasteiger partial charge on any atom is 0.0917 e. The summed E-state index contributed by atoms with van der Waals surface area (Å²) in [7, 11) is 2.07. The second kappa shape index (κ2) is 7.67. The molecule has 0 aliphatic rings. The molecule has 1 aromatic carbocycles. The number of nitrogens with zero attached hydrogens (tertiary/aromatic N) is 1. The third-order valence-corrected chi connectivity index (χ3v) is 3.93. The summed E-state index contributed by atoms with van der Waals surface area (Å²) in [5.74, 6) is 1.09. The topological polar surface area (TPSA) is 49.5 Å². The van der Waals surface area contributed by atoms with Crippen LogP contribution in [0.1, 0.15) is 25.0 Å². The van der Waals surface area contributed by atoms with E-state index in [1.54, 1.807) is 0 Å². The van der Waals surface area contributed by atoms with Gasteiger partial charge in [0, 0.05) is 24.0 Å². The van der Waals surface area contributed by atoms with Crippen molar-refractivity contribution in [2.24, 2.45) is 0 Å². The van der Waals surface area contributed by atoms with Crippen molar-refractivity contribution >= 4 is 17.4 Å². The highest BCUT2D eigenvalue weighted by molar-refractivity contribution is 7.98. The Labute approximate surface area is 114 Å². The molecule has 0 saturated carbocycles. The average molecular weight is 268 g/mol. The number of hydrogen-bond acceptors (Lipinski definition) is 4. The Hall–Kier alpha value is -0.710. The second-order valence-electron chi connectivity index (χ2n) is 4.64. The van der Waals surface area contributed by atoms with E-state index in [2.05, 4.69) is 25.1 Å². The lowest BCUT2D eigenvalue weighted by Crippen LogP contribution is -2.36. The monoisotopic (exact) mass is 268 g/mol. The van der Waals surface area contributed by atoms with Gasteiger partial charge < -0.3 is 10.8 Å².